The van der Waals surface area contributed by atoms with Crippen molar-refractivity contribution in [3.05, 3.63) is 20.3 Å². The first-order valence-electron chi connectivity index (χ1n) is 6.29. The number of hydrogen-bond acceptors (Lipinski definition) is 3. The van der Waals surface area contributed by atoms with Crippen molar-refractivity contribution in [2.75, 3.05) is 13.1 Å². The van der Waals surface area contributed by atoms with Gasteiger partial charge in [0.15, 0.2) is 0 Å². The number of thiophene rings is 1. The first-order chi connectivity index (χ1) is 8.10. The summed E-state index contributed by atoms with van der Waals surface area (Å²) in [5.74, 6) is 0.690. The van der Waals surface area contributed by atoms with Crippen LogP contribution in [0.1, 0.15) is 29.5 Å². The number of piperidine rings is 1. The number of rotatable bonds is 3. The Labute approximate surface area is 116 Å². The Hall–Kier alpha value is 0.100. The first kappa shape index (κ1) is 13.5. The van der Waals surface area contributed by atoms with Gasteiger partial charge in [0.25, 0.3) is 0 Å². The fourth-order valence-electron chi connectivity index (χ4n) is 2.47. The van der Waals surface area contributed by atoms with E-state index in [1.807, 2.05) is 11.3 Å². The van der Waals surface area contributed by atoms with Gasteiger partial charge in [-0.05, 0) is 61.1 Å². The lowest BCUT2D eigenvalue weighted by Crippen LogP contribution is -2.43. The van der Waals surface area contributed by atoms with Crippen LogP contribution < -0.4 is 5.73 Å². The van der Waals surface area contributed by atoms with Crippen LogP contribution in [0.4, 0.5) is 0 Å². The normalized spacial score (nSPS) is 26.4. The van der Waals surface area contributed by atoms with E-state index in [9.17, 15) is 0 Å². The van der Waals surface area contributed by atoms with Crippen LogP contribution in [0.25, 0.3) is 0 Å². The van der Waals surface area contributed by atoms with E-state index in [0.717, 1.165) is 19.6 Å². The van der Waals surface area contributed by atoms with Crippen molar-refractivity contribution in [2.45, 2.75) is 39.3 Å². The van der Waals surface area contributed by atoms with E-state index in [4.69, 9.17) is 5.73 Å². The van der Waals surface area contributed by atoms with Gasteiger partial charge in [0.2, 0.25) is 0 Å². The Morgan fingerprint density at radius 2 is 2.29 bits per heavy atom. The zero-order valence-electron chi connectivity index (χ0n) is 10.6. The summed E-state index contributed by atoms with van der Waals surface area (Å²) in [6.07, 6.45) is 2.58. The molecule has 0 aromatic carbocycles. The summed E-state index contributed by atoms with van der Waals surface area (Å²) >= 11 is 5.49. The van der Waals surface area contributed by atoms with Crippen molar-refractivity contribution < 1.29 is 0 Å². The number of hydrogen-bond donors (Lipinski definition) is 1. The predicted octanol–water partition coefficient (Wildman–Crippen LogP) is 3.38. The molecule has 0 aliphatic carbocycles. The van der Waals surface area contributed by atoms with Gasteiger partial charge in [0.1, 0.15) is 0 Å². The SMILES string of the molecule is Cc1sc(CN2CC(CN)CCC2C)cc1Br. The lowest BCUT2D eigenvalue weighted by molar-refractivity contribution is 0.114. The monoisotopic (exact) mass is 316 g/mol. The fourth-order valence-corrected chi connectivity index (χ4v) is 4.10. The topological polar surface area (TPSA) is 29.3 Å². The molecule has 0 saturated carbocycles. The van der Waals surface area contributed by atoms with E-state index >= 15 is 0 Å². The third kappa shape index (κ3) is 3.31. The lowest BCUT2D eigenvalue weighted by atomic mass is 9.93. The molecule has 2 unspecified atom stereocenters. The molecular weight excluding hydrogens is 296 g/mol. The summed E-state index contributed by atoms with van der Waals surface area (Å²) in [7, 11) is 0. The van der Waals surface area contributed by atoms with Crippen LogP contribution in [-0.2, 0) is 6.54 Å². The van der Waals surface area contributed by atoms with Gasteiger partial charge in [-0.15, -0.1) is 11.3 Å². The van der Waals surface area contributed by atoms with Crippen molar-refractivity contribution in [2.24, 2.45) is 11.7 Å². The Kier molecular flexibility index (Phi) is 4.64. The van der Waals surface area contributed by atoms with Gasteiger partial charge in [-0.3, -0.25) is 4.90 Å². The third-order valence-electron chi connectivity index (χ3n) is 3.71. The fraction of sp³-hybridized carbons (Fsp3) is 0.692. The molecule has 1 aliphatic rings. The maximum absolute atomic E-state index is 5.80. The van der Waals surface area contributed by atoms with Gasteiger partial charge in [0, 0.05) is 33.4 Å². The van der Waals surface area contributed by atoms with Gasteiger partial charge in [-0.1, -0.05) is 0 Å². The van der Waals surface area contributed by atoms with E-state index in [0.29, 0.717) is 12.0 Å². The number of nitrogens with zero attached hydrogens (tertiary/aromatic N) is 1. The zero-order valence-corrected chi connectivity index (χ0v) is 13.0. The molecule has 2 nitrogen and oxygen atoms in total. The average molecular weight is 317 g/mol. The molecule has 1 aromatic rings. The molecular formula is C13H21BrN2S. The molecule has 0 spiro atoms. The highest BCUT2D eigenvalue weighted by Crippen LogP contribution is 2.29. The predicted molar refractivity (Wildman–Crippen MR) is 78.4 cm³/mol. The summed E-state index contributed by atoms with van der Waals surface area (Å²) in [6.45, 7) is 7.57. The molecule has 0 bridgehead atoms. The second-order valence-electron chi connectivity index (χ2n) is 5.07. The number of halogens is 1. The zero-order chi connectivity index (χ0) is 12.4. The van der Waals surface area contributed by atoms with Crippen LogP contribution in [0.3, 0.4) is 0 Å². The van der Waals surface area contributed by atoms with Gasteiger partial charge in [-0.2, -0.15) is 0 Å². The molecule has 2 heterocycles. The number of aryl methyl sites for hydroxylation is 1. The van der Waals surface area contributed by atoms with E-state index in [1.165, 1.54) is 27.1 Å². The minimum atomic E-state index is 0.690. The molecule has 1 fully saturated rings. The highest BCUT2D eigenvalue weighted by Gasteiger charge is 2.24. The molecule has 1 aliphatic heterocycles. The van der Waals surface area contributed by atoms with E-state index in [-0.39, 0.29) is 0 Å². The van der Waals surface area contributed by atoms with E-state index < -0.39 is 0 Å². The van der Waals surface area contributed by atoms with Crippen LogP contribution in [0.5, 0.6) is 0 Å². The molecule has 17 heavy (non-hydrogen) atoms. The third-order valence-corrected chi connectivity index (χ3v) is 5.83. The van der Waals surface area contributed by atoms with Crippen molar-refractivity contribution in [3.63, 3.8) is 0 Å². The molecule has 0 amide bonds. The van der Waals surface area contributed by atoms with Gasteiger partial charge >= 0.3 is 0 Å². The Morgan fingerprint density at radius 1 is 1.53 bits per heavy atom. The standard InChI is InChI=1S/C13H21BrN2S/c1-9-3-4-11(6-15)7-16(9)8-12-5-13(14)10(2)17-12/h5,9,11H,3-4,6-8,15H2,1-2H3. The molecule has 1 aromatic heterocycles. The van der Waals surface area contributed by atoms with Crippen molar-refractivity contribution in [1.29, 1.82) is 0 Å². The van der Waals surface area contributed by atoms with Gasteiger partial charge in [-0.25, -0.2) is 0 Å². The quantitative estimate of drug-likeness (QED) is 0.926. The maximum atomic E-state index is 5.80. The Bertz CT molecular complexity index is 358. The highest BCUT2D eigenvalue weighted by molar-refractivity contribution is 9.10. The van der Waals surface area contributed by atoms with Gasteiger partial charge in [0.05, 0.1) is 0 Å². The summed E-state index contributed by atoms with van der Waals surface area (Å²) in [5.41, 5.74) is 5.80. The lowest BCUT2D eigenvalue weighted by Gasteiger charge is -2.37. The van der Waals surface area contributed by atoms with Crippen molar-refractivity contribution >= 4 is 27.3 Å². The summed E-state index contributed by atoms with van der Waals surface area (Å²) in [6, 6.07) is 2.96. The molecule has 4 heteroatoms. The Balaban J connectivity index is 2.01. The van der Waals surface area contributed by atoms with Crippen LogP contribution in [-0.4, -0.2) is 24.0 Å². The minimum Gasteiger partial charge on any atom is -0.330 e. The van der Waals surface area contributed by atoms with Crippen LogP contribution in [0, 0.1) is 12.8 Å². The van der Waals surface area contributed by atoms with E-state index in [1.54, 1.807) is 0 Å². The largest absolute Gasteiger partial charge is 0.330 e. The van der Waals surface area contributed by atoms with Crippen LogP contribution in [0.2, 0.25) is 0 Å². The smallest absolute Gasteiger partial charge is 0.0331 e. The molecule has 1 saturated heterocycles. The minimum absolute atomic E-state index is 0.690. The van der Waals surface area contributed by atoms with E-state index in [2.05, 4.69) is 40.7 Å². The highest BCUT2D eigenvalue weighted by atomic mass is 79.9. The van der Waals surface area contributed by atoms with Crippen LogP contribution in [0.15, 0.2) is 10.5 Å². The number of nitrogens with two attached hydrogens (primary N) is 1. The summed E-state index contributed by atoms with van der Waals surface area (Å²) < 4.78 is 1.25. The summed E-state index contributed by atoms with van der Waals surface area (Å²) in [4.78, 5) is 5.41. The van der Waals surface area contributed by atoms with Crippen molar-refractivity contribution in [3.8, 4) is 0 Å². The number of likely N-dealkylation sites (tertiary alicyclic amines) is 1. The molecule has 2 N–H and O–H groups in total. The molecule has 96 valence electrons. The Morgan fingerprint density at radius 3 is 2.88 bits per heavy atom. The molecule has 0 radical (unpaired) electrons. The van der Waals surface area contributed by atoms with Crippen LogP contribution >= 0.6 is 27.3 Å². The first-order valence-corrected chi connectivity index (χ1v) is 7.90. The molecule has 2 atom stereocenters. The maximum Gasteiger partial charge on any atom is 0.0331 e. The summed E-state index contributed by atoms with van der Waals surface area (Å²) in [5, 5.41) is 0. The second kappa shape index (κ2) is 5.83. The average Bonchev–Trinajstić information content (AvgIpc) is 2.61. The van der Waals surface area contributed by atoms with Gasteiger partial charge < -0.3 is 5.73 Å². The second-order valence-corrected chi connectivity index (χ2v) is 7.27. The van der Waals surface area contributed by atoms with Crippen molar-refractivity contribution in [1.82, 2.24) is 4.90 Å². The molecule has 2 rings (SSSR count).